The number of hydrogen-bond donors (Lipinski definition) is 1. The number of carbonyl (C=O) groups is 3. The van der Waals surface area contributed by atoms with Crippen molar-refractivity contribution in [1.29, 1.82) is 0 Å². The topological polar surface area (TPSA) is 81.2 Å². The molecule has 1 N–H and O–H groups in total. The Morgan fingerprint density at radius 1 is 0.841 bits per heavy atom. The first-order chi connectivity index (χ1) is 21.4. The van der Waals surface area contributed by atoms with E-state index in [9.17, 15) is 19.5 Å². The molecule has 6 atom stereocenters. The third-order valence-corrected chi connectivity index (χ3v) is 12.3. The molecule has 3 amide bonds. The second-order valence-electron chi connectivity index (χ2n) is 13.1. The van der Waals surface area contributed by atoms with E-state index in [0.29, 0.717) is 19.5 Å². The number of benzene rings is 2. The maximum atomic E-state index is 15.0. The smallest absolute Gasteiger partial charge is 0.247 e. The average Bonchev–Trinajstić information content (AvgIpc) is 3.32. The predicted octanol–water partition coefficient (Wildman–Crippen LogP) is 4.61. The molecule has 0 aromatic heterocycles. The zero-order valence-corrected chi connectivity index (χ0v) is 26.1. The van der Waals surface area contributed by atoms with E-state index in [-0.39, 0.29) is 30.4 Å². The zero-order chi connectivity index (χ0) is 30.5. The summed E-state index contributed by atoms with van der Waals surface area (Å²) in [6, 6.07) is 18.2. The fourth-order valence-electron chi connectivity index (χ4n) is 8.57. The molecule has 4 aliphatic heterocycles. The summed E-state index contributed by atoms with van der Waals surface area (Å²) >= 11 is 1.61. The number of fused-ring (bicyclic) bond motifs is 2. The monoisotopic (exact) mass is 611 g/mol. The van der Waals surface area contributed by atoms with Crippen molar-refractivity contribution in [3.63, 3.8) is 0 Å². The first-order valence-corrected chi connectivity index (χ1v) is 16.9. The van der Waals surface area contributed by atoms with Crippen molar-refractivity contribution in [2.75, 3.05) is 24.6 Å². The number of anilines is 1. The lowest BCUT2D eigenvalue weighted by molar-refractivity contribution is -0.147. The Morgan fingerprint density at radius 2 is 1.52 bits per heavy atom. The number of aliphatic hydroxyl groups excluding tert-OH is 1. The lowest BCUT2D eigenvalue weighted by atomic mass is 9.74. The fraction of sp³-hybridized carbons (Fsp3) is 0.472. The highest BCUT2D eigenvalue weighted by atomic mass is 32.2. The van der Waals surface area contributed by atoms with Gasteiger partial charge in [0.05, 0.1) is 29.2 Å². The fourth-order valence-corrected chi connectivity index (χ4v) is 10.7. The SMILES string of the molecule is C[C@]12C=CCN(c3ccccc3)C(=O)[C@H]1[C@H]1C(=O)N([C@@H](CO)Cc3ccccc3)C3C(=O)N(C4CCCCC4)CC=C[C@@]31S2. The molecule has 1 saturated carbocycles. The van der Waals surface area contributed by atoms with Crippen molar-refractivity contribution in [3.05, 3.63) is 90.5 Å². The van der Waals surface area contributed by atoms with Crippen LogP contribution in [-0.2, 0) is 20.8 Å². The zero-order valence-electron chi connectivity index (χ0n) is 25.3. The Hall–Kier alpha value is -3.36. The van der Waals surface area contributed by atoms with E-state index < -0.39 is 33.4 Å². The van der Waals surface area contributed by atoms with Crippen molar-refractivity contribution in [1.82, 2.24) is 9.80 Å². The lowest BCUT2D eigenvalue weighted by Gasteiger charge is -2.42. The van der Waals surface area contributed by atoms with Gasteiger partial charge in [-0.1, -0.05) is 92.1 Å². The molecule has 1 spiro atoms. The highest BCUT2D eigenvalue weighted by Crippen LogP contribution is 2.66. The highest BCUT2D eigenvalue weighted by molar-refractivity contribution is 8.02. The van der Waals surface area contributed by atoms with Gasteiger partial charge < -0.3 is 19.8 Å². The maximum Gasteiger partial charge on any atom is 0.247 e. The lowest BCUT2D eigenvalue weighted by Crippen LogP contribution is -2.58. The van der Waals surface area contributed by atoms with E-state index in [1.54, 1.807) is 21.6 Å². The van der Waals surface area contributed by atoms with E-state index in [4.69, 9.17) is 0 Å². The van der Waals surface area contributed by atoms with Gasteiger partial charge in [0, 0.05) is 29.6 Å². The molecule has 8 heteroatoms. The summed E-state index contributed by atoms with van der Waals surface area (Å²) in [4.78, 5) is 50.0. The van der Waals surface area contributed by atoms with E-state index >= 15 is 0 Å². The molecule has 44 heavy (non-hydrogen) atoms. The van der Waals surface area contributed by atoms with Gasteiger partial charge in [-0.25, -0.2) is 0 Å². The number of rotatable bonds is 6. The highest BCUT2D eigenvalue weighted by Gasteiger charge is 2.74. The van der Waals surface area contributed by atoms with Gasteiger partial charge >= 0.3 is 0 Å². The van der Waals surface area contributed by atoms with Crippen LogP contribution in [0, 0.1) is 11.8 Å². The van der Waals surface area contributed by atoms with Gasteiger partial charge in [0.2, 0.25) is 17.7 Å². The van der Waals surface area contributed by atoms with Gasteiger partial charge in [0.15, 0.2) is 0 Å². The van der Waals surface area contributed by atoms with Crippen LogP contribution in [0.15, 0.2) is 85.0 Å². The van der Waals surface area contributed by atoms with E-state index in [2.05, 4.69) is 25.2 Å². The summed E-state index contributed by atoms with van der Waals surface area (Å²) in [5, 5.41) is 10.8. The van der Waals surface area contributed by atoms with Crippen molar-refractivity contribution in [2.45, 2.75) is 73.1 Å². The van der Waals surface area contributed by atoms with Crippen LogP contribution in [-0.4, -0.2) is 79.9 Å². The van der Waals surface area contributed by atoms with Crippen LogP contribution in [0.4, 0.5) is 5.69 Å². The van der Waals surface area contributed by atoms with Gasteiger partial charge in [0.25, 0.3) is 0 Å². The quantitative estimate of drug-likeness (QED) is 0.483. The standard InChI is InChI=1S/C36H41N3O4S/c1-35-19-11-21-37(26-15-7-3-8-16-26)32(41)29(35)30-33(42)39(28(24-40)23-25-13-5-2-6-14-25)31-34(43)38(27-17-9-4-10-18-27)22-12-20-36(30,31)44-35/h2-3,5-8,11-16,19-20,27-31,40H,4,9-10,17-18,21-24H2,1H3/t28-,29-,30+,31?,35+,36+/m1/s1. The van der Waals surface area contributed by atoms with Crippen molar-refractivity contribution < 1.29 is 19.5 Å². The molecule has 5 aliphatic rings. The molecule has 0 radical (unpaired) electrons. The largest absolute Gasteiger partial charge is 0.394 e. The van der Waals surface area contributed by atoms with Crippen LogP contribution in [0.5, 0.6) is 0 Å². The number of amides is 3. The molecule has 2 saturated heterocycles. The summed E-state index contributed by atoms with van der Waals surface area (Å²) in [7, 11) is 0. The number of carbonyl (C=O) groups excluding carboxylic acids is 3. The van der Waals surface area contributed by atoms with Crippen LogP contribution in [0.3, 0.4) is 0 Å². The predicted molar refractivity (Wildman–Crippen MR) is 173 cm³/mol. The first kappa shape index (κ1) is 29.4. The molecule has 7 nitrogen and oxygen atoms in total. The van der Waals surface area contributed by atoms with E-state index in [0.717, 1.165) is 36.9 Å². The van der Waals surface area contributed by atoms with Gasteiger partial charge in [0.1, 0.15) is 6.04 Å². The summed E-state index contributed by atoms with van der Waals surface area (Å²) in [6.45, 7) is 2.72. The average molecular weight is 612 g/mol. The summed E-state index contributed by atoms with van der Waals surface area (Å²) in [5.74, 6) is -1.74. The maximum absolute atomic E-state index is 15.0. The van der Waals surface area contributed by atoms with E-state index in [1.807, 2.05) is 71.6 Å². The molecule has 2 aromatic rings. The van der Waals surface area contributed by atoms with Crippen LogP contribution in [0.25, 0.3) is 0 Å². The molecular weight excluding hydrogens is 570 g/mol. The Kier molecular flexibility index (Phi) is 7.69. The second-order valence-corrected chi connectivity index (χ2v) is 14.9. The Labute approximate surface area is 264 Å². The number of nitrogens with zero attached hydrogens (tertiary/aromatic N) is 3. The van der Waals surface area contributed by atoms with Gasteiger partial charge in [-0.05, 0) is 43.9 Å². The third-order valence-electron chi connectivity index (χ3n) is 10.5. The van der Waals surface area contributed by atoms with Crippen LogP contribution in [0.2, 0.25) is 0 Å². The number of likely N-dealkylation sites (tertiary alicyclic amines) is 1. The minimum Gasteiger partial charge on any atom is -0.394 e. The number of aliphatic hydroxyl groups is 1. The molecule has 4 heterocycles. The number of thioether (sulfide) groups is 1. The van der Waals surface area contributed by atoms with Crippen LogP contribution >= 0.6 is 11.8 Å². The molecule has 1 unspecified atom stereocenters. The van der Waals surface area contributed by atoms with Crippen molar-refractivity contribution in [2.24, 2.45) is 11.8 Å². The van der Waals surface area contributed by atoms with Crippen molar-refractivity contribution >= 4 is 35.2 Å². The molecular formula is C36H41N3O4S. The summed E-state index contributed by atoms with van der Waals surface area (Å²) < 4.78 is -1.61. The molecule has 0 bridgehead atoms. The molecule has 3 fully saturated rings. The normalized spacial score (nSPS) is 32.7. The van der Waals surface area contributed by atoms with Crippen LogP contribution < -0.4 is 4.90 Å². The Balaban J connectivity index is 1.34. The minimum absolute atomic E-state index is 0.0480. The number of hydrogen-bond acceptors (Lipinski definition) is 5. The molecule has 1 aliphatic carbocycles. The molecule has 7 rings (SSSR count). The summed E-state index contributed by atoms with van der Waals surface area (Å²) in [5.41, 5.74) is 1.79. The minimum atomic E-state index is -0.930. The van der Waals surface area contributed by atoms with Gasteiger partial charge in [-0.3, -0.25) is 14.4 Å². The third kappa shape index (κ3) is 4.64. The van der Waals surface area contributed by atoms with Crippen LogP contribution in [0.1, 0.15) is 44.6 Å². The number of para-hydroxylation sites is 1. The van der Waals surface area contributed by atoms with E-state index in [1.165, 1.54) is 6.42 Å². The second kappa shape index (κ2) is 11.5. The molecule has 2 aromatic carbocycles. The first-order valence-electron chi connectivity index (χ1n) is 16.1. The van der Waals surface area contributed by atoms with Gasteiger partial charge in [-0.15, -0.1) is 11.8 Å². The summed E-state index contributed by atoms with van der Waals surface area (Å²) in [6.07, 6.45) is 14.0. The van der Waals surface area contributed by atoms with Crippen molar-refractivity contribution in [3.8, 4) is 0 Å². The molecule has 230 valence electrons. The van der Waals surface area contributed by atoms with Gasteiger partial charge in [-0.2, -0.15) is 0 Å². The Bertz CT molecular complexity index is 1470. The Morgan fingerprint density at radius 3 is 2.23 bits per heavy atom.